The minimum absolute atomic E-state index is 0.0330. The number of anilines is 1. The third-order valence-electron chi connectivity index (χ3n) is 5.68. The molecular formula is C25H23N3O5S. The molecule has 1 N–H and O–H groups in total. The van der Waals surface area contributed by atoms with E-state index in [1.54, 1.807) is 24.4 Å². The fourth-order valence-electron chi connectivity index (χ4n) is 3.76. The zero-order valence-electron chi connectivity index (χ0n) is 18.7. The molecule has 0 saturated heterocycles. The first kappa shape index (κ1) is 23.3. The van der Waals surface area contributed by atoms with Crippen LogP contribution in [0, 0.1) is 13.8 Å². The lowest BCUT2D eigenvalue weighted by molar-refractivity contribution is 0.0766. The standard InChI is InChI=1S/C25H23N3O3.O2S/c1-15-3-8-19(9-4-15)31-22-12-17(24(29)27-23-10-5-16(2)13-26-23)11-20-21(22)14-28(25(20)30)18-6-7-18;1-3-2/h3-5,8-13,18H,6-7,14H2,1-2H3,(H,26,27,29);. The Bertz CT molecular complexity index is 1260. The third kappa shape index (κ3) is 5.20. The lowest BCUT2D eigenvalue weighted by Crippen LogP contribution is -2.26. The van der Waals surface area contributed by atoms with Gasteiger partial charge in [0.2, 0.25) is 0 Å². The smallest absolute Gasteiger partial charge is 0.335 e. The van der Waals surface area contributed by atoms with Crippen LogP contribution in [0.1, 0.15) is 50.2 Å². The number of nitrogens with zero attached hydrogens (tertiary/aromatic N) is 2. The van der Waals surface area contributed by atoms with Crippen LogP contribution >= 0.6 is 0 Å². The molecule has 8 nitrogen and oxygen atoms in total. The van der Waals surface area contributed by atoms with Crippen molar-refractivity contribution in [1.82, 2.24) is 9.88 Å². The van der Waals surface area contributed by atoms with Gasteiger partial charge < -0.3 is 15.0 Å². The highest BCUT2D eigenvalue weighted by Gasteiger charge is 2.40. The first-order valence-electron chi connectivity index (χ1n) is 10.8. The molecule has 3 aromatic rings. The number of aromatic nitrogens is 1. The highest BCUT2D eigenvalue weighted by molar-refractivity contribution is 7.51. The van der Waals surface area contributed by atoms with Crippen molar-refractivity contribution < 1.29 is 22.7 Å². The zero-order chi connectivity index (χ0) is 24.2. The van der Waals surface area contributed by atoms with E-state index in [0.29, 0.717) is 41.0 Å². The molecule has 174 valence electrons. The van der Waals surface area contributed by atoms with E-state index in [2.05, 4.69) is 10.3 Å². The molecule has 1 saturated carbocycles. The second-order valence-electron chi connectivity index (χ2n) is 8.32. The molecule has 2 amide bonds. The average molecular weight is 478 g/mol. The molecule has 5 rings (SSSR count). The summed E-state index contributed by atoms with van der Waals surface area (Å²) < 4.78 is 22.7. The molecule has 0 spiro atoms. The summed E-state index contributed by atoms with van der Waals surface area (Å²) in [5.41, 5.74) is 3.89. The number of fused-ring (bicyclic) bond motifs is 1. The van der Waals surface area contributed by atoms with Crippen LogP contribution in [0.15, 0.2) is 54.7 Å². The van der Waals surface area contributed by atoms with Gasteiger partial charge in [-0.1, -0.05) is 23.8 Å². The van der Waals surface area contributed by atoms with E-state index in [1.165, 1.54) is 0 Å². The van der Waals surface area contributed by atoms with Gasteiger partial charge in [-0.25, -0.2) is 4.98 Å². The highest BCUT2D eigenvalue weighted by Crippen LogP contribution is 2.40. The van der Waals surface area contributed by atoms with Gasteiger partial charge in [-0.2, -0.15) is 8.42 Å². The first-order valence-corrected chi connectivity index (χ1v) is 11.4. The molecule has 0 unspecified atom stereocenters. The summed E-state index contributed by atoms with van der Waals surface area (Å²) in [4.78, 5) is 32.1. The van der Waals surface area contributed by atoms with Crippen LogP contribution in [0.5, 0.6) is 11.5 Å². The van der Waals surface area contributed by atoms with Gasteiger partial charge in [0.25, 0.3) is 11.8 Å². The van der Waals surface area contributed by atoms with Crippen LogP contribution < -0.4 is 10.1 Å². The predicted octanol–water partition coefficient (Wildman–Crippen LogP) is 4.19. The third-order valence-corrected chi connectivity index (χ3v) is 5.68. The number of rotatable bonds is 5. The molecular weight excluding hydrogens is 454 g/mol. The molecule has 2 heterocycles. The fraction of sp³-hybridized carbons (Fsp3) is 0.240. The molecule has 2 aliphatic rings. The Hall–Kier alpha value is -3.85. The number of benzene rings is 2. The van der Waals surface area contributed by atoms with E-state index in [9.17, 15) is 9.59 Å². The molecule has 1 aromatic heterocycles. The van der Waals surface area contributed by atoms with Crippen LogP contribution in [0.25, 0.3) is 0 Å². The number of hydrogen-bond acceptors (Lipinski definition) is 6. The monoisotopic (exact) mass is 477 g/mol. The zero-order valence-corrected chi connectivity index (χ0v) is 19.6. The van der Waals surface area contributed by atoms with Gasteiger partial charge in [-0.15, -0.1) is 0 Å². The van der Waals surface area contributed by atoms with Crippen molar-refractivity contribution in [2.24, 2.45) is 0 Å². The van der Waals surface area contributed by atoms with Gasteiger partial charge in [-0.05, 0) is 62.6 Å². The summed E-state index contributed by atoms with van der Waals surface area (Å²) in [6.45, 7) is 4.46. The molecule has 0 radical (unpaired) electrons. The van der Waals surface area contributed by atoms with Crippen molar-refractivity contribution >= 4 is 29.2 Å². The molecule has 1 fully saturated rings. The van der Waals surface area contributed by atoms with Crippen LogP contribution in [-0.2, 0) is 18.1 Å². The van der Waals surface area contributed by atoms with Crippen LogP contribution in [-0.4, -0.2) is 36.2 Å². The molecule has 9 heteroatoms. The minimum atomic E-state index is -0.750. The van der Waals surface area contributed by atoms with Crippen molar-refractivity contribution in [3.05, 3.63) is 82.5 Å². The van der Waals surface area contributed by atoms with Crippen molar-refractivity contribution in [3.8, 4) is 11.5 Å². The Balaban J connectivity index is 0.000000868. The summed E-state index contributed by atoms with van der Waals surface area (Å²) >= 11 is -0.750. The minimum Gasteiger partial charge on any atom is -0.457 e. The van der Waals surface area contributed by atoms with Gasteiger partial charge >= 0.3 is 11.6 Å². The number of pyridine rings is 1. The topological polar surface area (TPSA) is 106 Å². The maximum Gasteiger partial charge on any atom is 0.335 e. The molecule has 2 aromatic carbocycles. The van der Waals surface area contributed by atoms with Gasteiger partial charge in [0.1, 0.15) is 17.3 Å². The largest absolute Gasteiger partial charge is 0.457 e. The van der Waals surface area contributed by atoms with Crippen molar-refractivity contribution in [2.75, 3.05) is 5.32 Å². The van der Waals surface area contributed by atoms with Crippen LogP contribution in [0.3, 0.4) is 0 Å². The summed E-state index contributed by atoms with van der Waals surface area (Å²) in [6.07, 6.45) is 3.75. The lowest BCUT2D eigenvalue weighted by atomic mass is 10.0. The summed E-state index contributed by atoms with van der Waals surface area (Å²) in [5.74, 6) is 1.31. The molecule has 34 heavy (non-hydrogen) atoms. The Morgan fingerprint density at radius 1 is 1.06 bits per heavy atom. The number of ether oxygens (including phenoxy) is 1. The van der Waals surface area contributed by atoms with Crippen molar-refractivity contribution in [2.45, 2.75) is 39.3 Å². The predicted molar refractivity (Wildman–Crippen MR) is 126 cm³/mol. The number of hydrogen-bond donors (Lipinski definition) is 1. The SMILES string of the molecule is Cc1ccc(Oc2cc(C(=O)Nc3ccc(C)cn3)cc3c2CN(C2CC2)C3=O)cc1.O=S=O. The molecule has 0 bridgehead atoms. The van der Waals surface area contributed by atoms with Crippen molar-refractivity contribution in [1.29, 1.82) is 0 Å². The average Bonchev–Trinajstić information content (AvgIpc) is 3.61. The van der Waals surface area contributed by atoms with E-state index >= 15 is 0 Å². The normalized spacial score (nSPS) is 14.1. The van der Waals surface area contributed by atoms with E-state index in [-0.39, 0.29) is 11.8 Å². The molecule has 0 atom stereocenters. The number of nitrogens with one attached hydrogen (secondary N) is 1. The van der Waals surface area contributed by atoms with Gasteiger partial charge in [0.15, 0.2) is 0 Å². The van der Waals surface area contributed by atoms with E-state index < -0.39 is 11.6 Å². The fourth-order valence-corrected chi connectivity index (χ4v) is 3.76. The molecule has 1 aliphatic heterocycles. The number of amides is 2. The maximum atomic E-state index is 13.0. The Labute approximate surface area is 200 Å². The number of carbonyl (C=O) groups is 2. The summed E-state index contributed by atoms with van der Waals surface area (Å²) in [5, 5.41) is 2.81. The Morgan fingerprint density at radius 2 is 1.74 bits per heavy atom. The summed E-state index contributed by atoms with van der Waals surface area (Å²) in [7, 11) is 0. The van der Waals surface area contributed by atoms with Crippen molar-refractivity contribution in [3.63, 3.8) is 0 Å². The maximum absolute atomic E-state index is 13.0. The first-order chi connectivity index (χ1) is 16.4. The second kappa shape index (κ2) is 9.96. The van der Waals surface area contributed by atoms with E-state index in [0.717, 1.165) is 29.5 Å². The van der Waals surface area contributed by atoms with Gasteiger partial charge in [0.05, 0.1) is 6.54 Å². The lowest BCUT2D eigenvalue weighted by Gasteiger charge is -2.14. The highest BCUT2D eigenvalue weighted by atomic mass is 32.1. The van der Waals surface area contributed by atoms with E-state index in [4.69, 9.17) is 13.2 Å². The van der Waals surface area contributed by atoms with Crippen LogP contribution in [0.4, 0.5) is 5.82 Å². The second-order valence-corrected chi connectivity index (χ2v) is 8.46. The van der Waals surface area contributed by atoms with Gasteiger partial charge in [-0.3, -0.25) is 9.59 Å². The quantitative estimate of drug-likeness (QED) is 0.591. The number of carbonyl (C=O) groups excluding carboxylic acids is 2. The Morgan fingerprint density at radius 3 is 2.35 bits per heavy atom. The van der Waals surface area contributed by atoms with Gasteiger partial charge in [0, 0.05) is 28.9 Å². The summed E-state index contributed by atoms with van der Waals surface area (Å²) in [6, 6.07) is 15.0. The Kier molecular flexibility index (Phi) is 6.83. The number of aryl methyl sites for hydroxylation is 2. The van der Waals surface area contributed by atoms with Crippen LogP contribution in [0.2, 0.25) is 0 Å². The van der Waals surface area contributed by atoms with E-state index in [1.807, 2.05) is 49.1 Å². The molecule has 1 aliphatic carbocycles.